The molecule has 26 heavy (non-hydrogen) atoms. The molecule has 6 heteroatoms. The molecule has 6 nitrogen and oxygen atoms in total. The van der Waals surface area contributed by atoms with E-state index in [0.717, 1.165) is 27.8 Å². The molecule has 1 aromatic carbocycles. The molecule has 1 fully saturated rings. The Bertz CT molecular complexity index is 977. The number of aromatic nitrogens is 3. The van der Waals surface area contributed by atoms with E-state index in [1.54, 1.807) is 6.20 Å². The van der Waals surface area contributed by atoms with Crippen molar-refractivity contribution in [3.63, 3.8) is 0 Å². The van der Waals surface area contributed by atoms with Crippen LogP contribution >= 0.6 is 0 Å². The van der Waals surface area contributed by atoms with Crippen LogP contribution in [0.3, 0.4) is 0 Å². The van der Waals surface area contributed by atoms with E-state index in [1.165, 1.54) is 0 Å². The summed E-state index contributed by atoms with van der Waals surface area (Å²) in [6, 6.07) is 9.73. The quantitative estimate of drug-likeness (QED) is 0.763. The molecule has 1 aliphatic heterocycles. The molecule has 1 aliphatic rings. The third-order valence-electron chi connectivity index (χ3n) is 5.27. The summed E-state index contributed by atoms with van der Waals surface area (Å²) < 4.78 is 1.85. The van der Waals surface area contributed by atoms with Crippen molar-refractivity contribution in [2.45, 2.75) is 26.8 Å². The van der Waals surface area contributed by atoms with E-state index in [9.17, 15) is 4.79 Å². The summed E-state index contributed by atoms with van der Waals surface area (Å²) in [5.41, 5.74) is 3.85. The van der Waals surface area contributed by atoms with Crippen molar-refractivity contribution in [1.29, 1.82) is 0 Å². The molecular weight excluding hydrogens is 326 g/mol. The summed E-state index contributed by atoms with van der Waals surface area (Å²) in [4.78, 5) is 18.9. The summed E-state index contributed by atoms with van der Waals surface area (Å²) in [7, 11) is 1.92. The Hall–Kier alpha value is -2.89. The third kappa shape index (κ3) is 2.62. The number of likely N-dealkylation sites (tertiary alicyclic amines) is 1. The van der Waals surface area contributed by atoms with E-state index in [4.69, 9.17) is 0 Å². The lowest BCUT2D eigenvalue weighted by Gasteiger charge is -2.54. The summed E-state index contributed by atoms with van der Waals surface area (Å²) in [5.74, 6) is 0. The molecular formula is C20H23N5O. The Balaban J connectivity index is 1.56. The number of nitrogens with one attached hydrogen (secondary N) is 1. The highest BCUT2D eigenvalue weighted by Crippen LogP contribution is 2.48. The number of pyridine rings is 1. The second kappa shape index (κ2) is 5.83. The van der Waals surface area contributed by atoms with Gasteiger partial charge in [-0.1, -0.05) is 19.9 Å². The fourth-order valence-corrected chi connectivity index (χ4v) is 3.89. The molecule has 0 aliphatic carbocycles. The third-order valence-corrected chi connectivity index (χ3v) is 5.27. The van der Waals surface area contributed by atoms with Gasteiger partial charge < -0.3 is 10.2 Å². The fourth-order valence-electron chi connectivity index (χ4n) is 3.89. The minimum absolute atomic E-state index is 0.0250. The van der Waals surface area contributed by atoms with Crippen LogP contribution in [0, 0.1) is 12.3 Å². The number of carbonyl (C=O) groups is 1. The molecule has 134 valence electrons. The van der Waals surface area contributed by atoms with Crippen LogP contribution < -0.4 is 5.32 Å². The topological polar surface area (TPSA) is 63.1 Å². The number of rotatable bonds is 2. The number of hydrogen-bond acceptors (Lipinski definition) is 3. The fraction of sp³-hybridized carbons (Fsp3) is 0.350. The minimum atomic E-state index is -0.0924. The maximum atomic E-state index is 12.8. The normalized spacial score (nSPS) is 18.6. The molecule has 0 bridgehead atoms. The first-order valence-corrected chi connectivity index (χ1v) is 8.78. The van der Waals surface area contributed by atoms with Crippen LogP contribution in [0.2, 0.25) is 0 Å². The lowest BCUT2D eigenvalue weighted by Crippen LogP contribution is -2.59. The molecule has 4 rings (SSSR count). The van der Waals surface area contributed by atoms with Crippen molar-refractivity contribution in [1.82, 2.24) is 19.7 Å². The van der Waals surface area contributed by atoms with E-state index < -0.39 is 0 Å². The van der Waals surface area contributed by atoms with Gasteiger partial charge in [0.05, 0.1) is 11.6 Å². The Morgan fingerprint density at radius 1 is 1.31 bits per heavy atom. The maximum absolute atomic E-state index is 12.8. The summed E-state index contributed by atoms with van der Waals surface area (Å²) in [6.07, 6.45) is 3.60. The Kier molecular flexibility index (Phi) is 3.72. The highest BCUT2D eigenvalue weighted by molar-refractivity contribution is 5.93. The molecule has 3 aromatic rings. The number of aryl methyl sites for hydroxylation is 2. The van der Waals surface area contributed by atoms with Crippen molar-refractivity contribution >= 4 is 22.6 Å². The number of urea groups is 1. The lowest BCUT2D eigenvalue weighted by molar-refractivity contribution is -0.0117. The molecule has 0 spiro atoms. The van der Waals surface area contributed by atoms with Gasteiger partial charge in [-0.3, -0.25) is 9.67 Å². The number of amides is 2. The van der Waals surface area contributed by atoms with Crippen LogP contribution in [0.1, 0.15) is 31.1 Å². The van der Waals surface area contributed by atoms with Crippen LogP contribution in [0.25, 0.3) is 10.9 Å². The molecule has 1 atom stereocenters. The first kappa shape index (κ1) is 16.6. The van der Waals surface area contributed by atoms with Gasteiger partial charge in [-0.2, -0.15) is 5.10 Å². The Morgan fingerprint density at radius 3 is 2.81 bits per heavy atom. The van der Waals surface area contributed by atoms with E-state index in [-0.39, 0.29) is 17.5 Å². The van der Waals surface area contributed by atoms with Gasteiger partial charge in [0.2, 0.25) is 0 Å². The molecule has 1 saturated heterocycles. The second-order valence-corrected chi connectivity index (χ2v) is 7.68. The number of nitrogens with zero attached hydrogens (tertiary/aromatic N) is 4. The first-order valence-electron chi connectivity index (χ1n) is 8.78. The Morgan fingerprint density at radius 2 is 2.12 bits per heavy atom. The molecule has 1 N–H and O–H groups in total. The highest BCUT2D eigenvalue weighted by Gasteiger charge is 2.49. The van der Waals surface area contributed by atoms with Crippen LogP contribution in [0.5, 0.6) is 0 Å². The smallest absolute Gasteiger partial charge is 0.316 e. The maximum Gasteiger partial charge on any atom is 0.322 e. The molecule has 0 unspecified atom stereocenters. The van der Waals surface area contributed by atoms with Gasteiger partial charge in [-0.25, -0.2) is 4.79 Å². The van der Waals surface area contributed by atoms with Gasteiger partial charge in [0.1, 0.15) is 0 Å². The summed E-state index contributed by atoms with van der Waals surface area (Å²) >= 11 is 0. The SMILES string of the molecule is Cc1c2ccc(NC(=O)N3CC(C)(C)[C@@H]3c3cccnc3)cc2nn1C. The van der Waals surface area contributed by atoms with Crippen molar-refractivity contribution in [3.8, 4) is 0 Å². The molecule has 3 heterocycles. The van der Waals surface area contributed by atoms with Gasteiger partial charge >= 0.3 is 6.03 Å². The predicted molar refractivity (Wildman–Crippen MR) is 102 cm³/mol. The first-order chi connectivity index (χ1) is 12.4. The van der Waals surface area contributed by atoms with E-state index in [2.05, 4.69) is 29.2 Å². The van der Waals surface area contributed by atoms with Gasteiger partial charge in [0.25, 0.3) is 0 Å². The van der Waals surface area contributed by atoms with Crippen molar-refractivity contribution in [2.75, 3.05) is 11.9 Å². The van der Waals surface area contributed by atoms with Crippen molar-refractivity contribution in [2.24, 2.45) is 12.5 Å². The van der Waals surface area contributed by atoms with Crippen LogP contribution in [-0.4, -0.2) is 32.2 Å². The monoisotopic (exact) mass is 349 g/mol. The molecule has 2 amide bonds. The second-order valence-electron chi connectivity index (χ2n) is 7.68. The zero-order valence-electron chi connectivity index (χ0n) is 15.5. The standard InChI is InChI=1S/C20H23N5O/c1-13-16-8-7-15(10-17(16)23-24(13)4)22-19(26)25-12-20(2,3)18(25)14-6-5-9-21-11-14/h5-11,18H,12H2,1-4H3,(H,22,26)/t18-/m0/s1. The largest absolute Gasteiger partial charge is 0.322 e. The van der Waals surface area contributed by atoms with Crippen LogP contribution in [0.4, 0.5) is 10.5 Å². The van der Waals surface area contributed by atoms with Gasteiger partial charge in [-0.05, 0) is 36.8 Å². The van der Waals surface area contributed by atoms with Crippen molar-refractivity contribution in [3.05, 3.63) is 54.0 Å². The van der Waals surface area contributed by atoms with E-state index in [0.29, 0.717) is 6.54 Å². The Labute approximate surface area is 152 Å². The van der Waals surface area contributed by atoms with E-state index >= 15 is 0 Å². The van der Waals surface area contributed by atoms with Gasteiger partial charge in [0.15, 0.2) is 0 Å². The minimum Gasteiger partial charge on any atom is -0.316 e. The average molecular weight is 349 g/mol. The summed E-state index contributed by atoms with van der Waals surface area (Å²) in [5, 5.41) is 8.61. The van der Waals surface area contributed by atoms with Crippen LogP contribution in [-0.2, 0) is 7.05 Å². The zero-order valence-corrected chi connectivity index (χ0v) is 15.5. The number of fused-ring (bicyclic) bond motifs is 1. The molecule has 0 radical (unpaired) electrons. The molecule has 0 saturated carbocycles. The number of benzene rings is 1. The lowest BCUT2D eigenvalue weighted by atomic mass is 9.72. The van der Waals surface area contributed by atoms with Gasteiger partial charge in [0, 0.05) is 48.2 Å². The number of hydrogen-bond donors (Lipinski definition) is 1. The molecule has 2 aromatic heterocycles. The number of anilines is 1. The zero-order chi connectivity index (χ0) is 18.5. The van der Waals surface area contributed by atoms with Gasteiger partial charge in [-0.15, -0.1) is 0 Å². The van der Waals surface area contributed by atoms with Crippen molar-refractivity contribution < 1.29 is 4.79 Å². The van der Waals surface area contributed by atoms with E-state index in [1.807, 2.05) is 60.1 Å². The number of carbonyl (C=O) groups excluding carboxylic acids is 1. The predicted octanol–water partition coefficient (Wildman–Crippen LogP) is 3.89. The summed E-state index contributed by atoms with van der Waals surface area (Å²) in [6.45, 7) is 7.10. The highest BCUT2D eigenvalue weighted by atomic mass is 16.2. The average Bonchev–Trinajstić information content (AvgIpc) is 2.87. The van der Waals surface area contributed by atoms with Crippen LogP contribution in [0.15, 0.2) is 42.7 Å².